The molecule has 47 heavy (non-hydrogen) atoms. The largest absolute Gasteiger partial charge is 0.483 e. The number of anilines is 3. The highest BCUT2D eigenvalue weighted by molar-refractivity contribution is 5.90. The number of piperazine rings is 1. The number of hydrogen-bond acceptors (Lipinski definition) is 12. The molecule has 3 fully saturated rings. The lowest BCUT2D eigenvalue weighted by atomic mass is 10.0. The van der Waals surface area contributed by atoms with E-state index in [-0.39, 0.29) is 30.1 Å². The van der Waals surface area contributed by atoms with E-state index in [1.807, 2.05) is 18.2 Å². The van der Waals surface area contributed by atoms with Gasteiger partial charge >= 0.3 is 5.92 Å². The van der Waals surface area contributed by atoms with Gasteiger partial charge in [-0.3, -0.25) is 14.8 Å². The number of carbonyl (C=O) groups is 1. The highest BCUT2D eigenvalue weighted by Gasteiger charge is 2.48. The summed E-state index contributed by atoms with van der Waals surface area (Å²) in [5.74, 6) is -3.55. The summed E-state index contributed by atoms with van der Waals surface area (Å²) in [5, 5.41) is 19.0. The van der Waals surface area contributed by atoms with Crippen molar-refractivity contribution >= 4 is 23.2 Å². The van der Waals surface area contributed by atoms with Crippen molar-refractivity contribution in [1.82, 2.24) is 39.9 Å². The summed E-state index contributed by atoms with van der Waals surface area (Å²) >= 11 is 0. The summed E-state index contributed by atoms with van der Waals surface area (Å²) in [7, 11) is 0. The molecule has 3 aliphatic rings. The smallest absolute Gasteiger partial charge is 0.301 e. The standard InChI is InChI=1S/C31H31F2N11O3/c32-31(33)17-44(29(45)28-36-19-38-41-28)8-7-26(31)47-25-6-1-20(13-21(25)14-34)27-35-18-37-30(40-27)39-22-2-4-23(5-3-22)42-9-11-43(12-10-42)24-15-46-16-24/h1-6,13,18-19,24,26H,7-12,15-17H2,(H,36,38,41)(H,35,37,39,40). The van der Waals surface area contributed by atoms with Crippen LogP contribution in [0.3, 0.4) is 0 Å². The number of aromatic amines is 1. The molecule has 0 radical (unpaired) electrons. The number of nitriles is 1. The first-order chi connectivity index (χ1) is 22.9. The van der Waals surface area contributed by atoms with Crippen molar-refractivity contribution < 1.29 is 23.0 Å². The van der Waals surface area contributed by atoms with Crippen LogP contribution >= 0.6 is 0 Å². The normalized spacial score (nSPS) is 19.9. The van der Waals surface area contributed by atoms with Gasteiger partial charge in [-0.25, -0.2) is 23.7 Å². The maximum Gasteiger partial charge on any atom is 0.301 e. The van der Waals surface area contributed by atoms with Crippen molar-refractivity contribution in [3.63, 3.8) is 0 Å². The second kappa shape index (κ2) is 12.9. The zero-order valence-corrected chi connectivity index (χ0v) is 25.2. The van der Waals surface area contributed by atoms with Crippen LogP contribution in [0, 0.1) is 11.3 Å². The highest BCUT2D eigenvalue weighted by Crippen LogP contribution is 2.34. The second-order valence-corrected chi connectivity index (χ2v) is 11.6. The number of piperidine rings is 1. The van der Waals surface area contributed by atoms with Crippen molar-refractivity contribution in [3.8, 4) is 23.2 Å². The van der Waals surface area contributed by atoms with Crippen LogP contribution in [0.5, 0.6) is 5.75 Å². The van der Waals surface area contributed by atoms with Gasteiger partial charge in [0.15, 0.2) is 11.9 Å². The number of likely N-dealkylation sites (tertiary alicyclic amines) is 1. The Balaban J connectivity index is 0.983. The topological polar surface area (TPSA) is 161 Å². The molecule has 16 heteroatoms. The van der Waals surface area contributed by atoms with Crippen LogP contribution in [0.2, 0.25) is 0 Å². The van der Waals surface area contributed by atoms with Crippen LogP contribution in [0.1, 0.15) is 22.6 Å². The average Bonchev–Trinajstić information content (AvgIpc) is 3.61. The van der Waals surface area contributed by atoms with Crippen molar-refractivity contribution in [2.45, 2.75) is 24.5 Å². The summed E-state index contributed by atoms with van der Waals surface area (Å²) in [6.45, 7) is 4.78. The number of amides is 1. The highest BCUT2D eigenvalue weighted by atomic mass is 19.3. The van der Waals surface area contributed by atoms with E-state index in [0.29, 0.717) is 23.4 Å². The summed E-state index contributed by atoms with van der Waals surface area (Å²) in [6.07, 6.45) is 0.814. The molecular weight excluding hydrogens is 612 g/mol. The van der Waals surface area contributed by atoms with Gasteiger partial charge in [-0.2, -0.15) is 15.3 Å². The predicted molar refractivity (Wildman–Crippen MR) is 164 cm³/mol. The number of benzene rings is 2. The SMILES string of the molecule is N#Cc1cc(-c2ncnc(Nc3ccc(N4CCN(C5COC5)CC4)cc3)n2)ccc1OC1CCN(C(=O)c2ncn[nH]2)CC1(F)F. The van der Waals surface area contributed by atoms with Crippen molar-refractivity contribution in [3.05, 3.63) is 66.5 Å². The van der Waals surface area contributed by atoms with E-state index in [4.69, 9.17) is 9.47 Å². The molecule has 1 atom stereocenters. The van der Waals surface area contributed by atoms with Gasteiger partial charge < -0.3 is 24.6 Å². The number of alkyl halides is 2. The molecule has 0 spiro atoms. The van der Waals surface area contributed by atoms with Gasteiger partial charge in [0.25, 0.3) is 5.91 Å². The molecule has 0 saturated carbocycles. The van der Waals surface area contributed by atoms with E-state index < -0.39 is 24.5 Å². The molecule has 1 amide bonds. The van der Waals surface area contributed by atoms with Crippen LogP contribution < -0.4 is 15.0 Å². The summed E-state index contributed by atoms with van der Waals surface area (Å²) in [6, 6.07) is 15.2. The van der Waals surface area contributed by atoms with Gasteiger partial charge in [0, 0.05) is 56.1 Å². The van der Waals surface area contributed by atoms with Crippen molar-refractivity contribution in [1.29, 1.82) is 5.26 Å². The summed E-state index contributed by atoms with van der Waals surface area (Å²) < 4.78 is 41.2. The molecule has 2 aromatic carbocycles. The molecule has 3 aliphatic heterocycles. The fourth-order valence-corrected chi connectivity index (χ4v) is 5.87. The summed E-state index contributed by atoms with van der Waals surface area (Å²) in [5.41, 5.74) is 2.48. The zero-order valence-electron chi connectivity index (χ0n) is 25.2. The maximum absolute atomic E-state index is 15.1. The average molecular weight is 644 g/mol. The monoisotopic (exact) mass is 643 g/mol. The number of aromatic nitrogens is 6. The Morgan fingerprint density at radius 2 is 1.85 bits per heavy atom. The second-order valence-electron chi connectivity index (χ2n) is 11.6. The Kier molecular flexibility index (Phi) is 8.31. The fourth-order valence-electron chi connectivity index (χ4n) is 5.87. The molecule has 2 N–H and O–H groups in total. The Bertz CT molecular complexity index is 1760. The molecule has 14 nitrogen and oxygen atoms in total. The molecule has 4 aromatic rings. The van der Waals surface area contributed by atoms with E-state index >= 15 is 8.78 Å². The van der Waals surface area contributed by atoms with E-state index in [9.17, 15) is 10.1 Å². The third-order valence-electron chi connectivity index (χ3n) is 8.58. The minimum absolute atomic E-state index is 0.00176. The van der Waals surface area contributed by atoms with Crippen LogP contribution in [0.15, 0.2) is 55.1 Å². The van der Waals surface area contributed by atoms with E-state index in [1.54, 1.807) is 6.07 Å². The lowest BCUT2D eigenvalue weighted by molar-refractivity contribution is -0.132. The molecule has 242 valence electrons. The molecule has 1 unspecified atom stereocenters. The maximum atomic E-state index is 15.1. The number of ether oxygens (including phenoxy) is 2. The third kappa shape index (κ3) is 6.53. The van der Waals surface area contributed by atoms with E-state index in [2.05, 4.69) is 57.4 Å². The predicted octanol–water partition coefficient (Wildman–Crippen LogP) is 2.72. The van der Waals surface area contributed by atoms with Crippen molar-refractivity contribution in [2.24, 2.45) is 0 Å². The number of carbonyl (C=O) groups excluding carboxylic acids is 1. The number of rotatable bonds is 8. The quantitative estimate of drug-likeness (QED) is 0.289. The number of nitrogens with zero attached hydrogens (tertiary/aromatic N) is 9. The first-order valence-electron chi connectivity index (χ1n) is 15.2. The molecule has 0 bridgehead atoms. The third-order valence-corrected chi connectivity index (χ3v) is 8.58. The van der Waals surface area contributed by atoms with Crippen LogP contribution in [0.4, 0.5) is 26.1 Å². The number of H-pyrrole nitrogens is 1. The Labute approximate surface area is 268 Å². The first kappa shape index (κ1) is 30.4. The van der Waals surface area contributed by atoms with Gasteiger partial charge in [-0.05, 0) is 42.5 Å². The van der Waals surface area contributed by atoms with Gasteiger partial charge in [0.05, 0.1) is 31.4 Å². The van der Waals surface area contributed by atoms with Gasteiger partial charge in [0.1, 0.15) is 24.5 Å². The van der Waals surface area contributed by atoms with Gasteiger partial charge in [0.2, 0.25) is 11.8 Å². The zero-order chi connectivity index (χ0) is 32.4. The minimum atomic E-state index is -3.37. The number of nitrogens with one attached hydrogen (secondary N) is 2. The molecule has 5 heterocycles. The van der Waals surface area contributed by atoms with E-state index in [1.165, 1.54) is 18.5 Å². The van der Waals surface area contributed by atoms with Gasteiger partial charge in [-0.1, -0.05) is 0 Å². The van der Waals surface area contributed by atoms with E-state index in [0.717, 1.165) is 62.0 Å². The van der Waals surface area contributed by atoms with Crippen molar-refractivity contribution in [2.75, 3.05) is 62.7 Å². The Hall–Kier alpha value is -5.27. The van der Waals surface area contributed by atoms with Crippen LogP contribution in [-0.2, 0) is 4.74 Å². The van der Waals surface area contributed by atoms with Gasteiger partial charge in [-0.15, -0.1) is 0 Å². The molecule has 0 aliphatic carbocycles. The number of hydrogen-bond donors (Lipinski definition) is 2. The molecular formula is C31H31F2N11O3. The lowest BCUT2D eigenvalue weighted by Gasteiger charge is -2.43. The number of halogens is 2. The van der Waals surface area contributed by atoms with Crippen LogP contribution in [-0.4, -0.2) is 116 Å². The molecule has 2 aromatic heterocycles. The Morgan fingerprint density at radius 1 is 1.04 bits per heavy atom. The first-order valence-corrected chi connectivity index (χ1v) is 15.2. The molecule has 7 rings (SSSR count). The molecule has 3 saturated heterocycles. The minimum Gasteiger partial charge on any atom is -0.483 e. The lowest BCUT2D eigenvalue weighted by Crippen LogP contribution is -2.56. The fraction of sp³-hybridized carbons (Fsp3) is 0.387. The Morgan fingerprint density at radius 3 is 2.53 bits per heavy atom. The summed E-state index contributed by atoms with van der Waals surface area (Å²) in [4.78, 5) is 35.0. The van der Waals surface area contributed by atoms with Crippen LogP contribution in [0.25, 0.3) is 11.4 Å².